The number of aromatic nitrogens is 4. The standard InChI is InChI=1S/C13H16N6O/c1-19-8-10(12(18-19)9-4-2-5-9)13(20)17-16-11-6-3-7-14-15-11/h3,6-9H,2,4-5H2,1H3,(H,15,16)(H,17,20). The number of carbonyl (C=O) groups is 1. The van der Waals surface area contributed by atoms with Crippen LogP contribution in [0.25, 0.3) is 0 Å². The van der Waals surface area contributed by atoms with E-state index in [0.29, 0.717) is 17.3 Å². The van der Waals surface area contributed by atoms with Gasteiger partial charge in [-0.25, -0.2) is 0 Å². The average molecular weight is 272 g/mol. The zero-order valence-electron chi connectivity index (χ0n) is 11.2. The van der Waals surface area contributed by atoms with Gasteiger partial charge >= 0.3 is 0 Å². The van der Waals surface area contributed by atoms with Crippen LogP contribution in [0.4, 0.5) is 5.82 Å². The lowest BCUT2D eigenvalue weighted by Gasteiger charge is -2.24. The fraction of sp³-hybridized carbons (Fsp3) is 0.385. The second kappa shape index (κ2) is 5.28. The first-order valence-electron chi connectivity index (χ1n) is 6.61. The first-order chi connectivity index (χ1) is 9.74. The maximum Gasteiger partial charge on any atom is 0.273 e. The van der Waals surface area contributed by atoms with Gasteiger partial charge in [-0.05, 0) is 25.0 Å². The molecule has 2 N–H and O–H groups in total. The average Bonchev–Trinajstić information content (AvgIpc) is 2.77. The molecule has 0 atom stereocenters. The van der Waals surface area contributed by atoms with Gasteiger partial charge in [0.25, 0.3) is 5.91 Å². The summed E-state index contributed by atoms with van der Waals surface area (Å²) < 4.78 is 1.69. The lowest BCUT2D eigenvalue weighted by Crippen LogP contribution is -2.31. The van der Waals surface area contributed by atoms with Crippen molar-refractivity contribution in [3.05, 3.63) is 35.8 Å². The maximum atomic E-state index is 12.2. The van der Waals surface area contributed by atoms with Crippen LogP contribution in [0.15, 0.2) is 24.5 Å². The number of aryl methyl sites for hydroxylation is 1. The molecule has 0 spiro atoms. The van der Waals surface area contributed by atoms with Gasteiger partial charge in [-0.3, -0.25) is 20.3 Å². The Morgan fingerprint density at radius 1 is 1.45 bits per heavy atom. The first-order valence-corrected chi connectivity index (χ1v) is 6.61. The highest BCUT2D eigenvalue weighted by Crippen LogP contribution is 2.36. The highest BCUT2D eigenvalue weighted by atomic mass is 16.2. The lowest BCUT2D eigenvalue weighted by atomic mass is 9.81. The van der Waals surface area contributed by atoms with Gasteiger partial charge in [-0.1, -0.05) is 6.42 Å². The van der Waals surface area contributed by atoms with Crippen molar-refractivity contribution in [1.29, 1.82) is 0 Å². The van der Waals surface area contributed by atoms with E-state index in [-0.39, 0.29) is 5.91 Å². The molecule has 2 aromatic heterocycles. The van der Waals surface area contributed by atoms with E-state index in [4.69, 9.17) is 0 Å². The number of hydrogen-bond donors (Lipinski definition) is 2. The molecule has 2 heterocycles. The normalized spacial score (nSPS) is 14.7. The fourth-order valence-electron chi connectivity index (χ4n) is 2.22. The van der Waals surface area contributed by atoms with E-state index >= 15 is 0 Å². The van der Waals surface area contributed by atoms with Crippen molar-refractivity contribution in [2.45, 2.75) is 25.2 Å². The number of nitrogens with one attached hydrogen (secondary N) is 2. The molecule has 0 radical (unpaired) electrons. The maximum absolute atomic E-state index is 12.2. The number of amides is 1. The Balaban J connectivity index is 1.70. The van der Waals surface area contributed by atoms with Crippen molar-refractivity contribution < 1.29 is 4.79 Å². The Kier molecular flexibility index (Phi) is 3.32. The van der Waals surface area contributed by atoms with Gasteiger partial charge in [0, 0.05) is 25.4 Å². The summed E-state index contributed by atoms with van der Waals surface area (Å²) in [6.45, 7) is 0. The molecule has 0 saturated heterocycles. The molecular weight excluding hydrogens is 256 g/mol. The summed E-state index contributed by atoms with van der Waals surface area (Å²) in [6.07, 6.45) is 6.74. The van der Waals surface area contributed by atoms with Gasteiger partial charge in [0.05, 0.1) is 11.3 Å². The zero-order chi connectivity index (χ0) is 13.9. The first kappa shape index (κ1) is 12.6. The molecule has 1 amide bonds. The van der Waals surface area contributed by atoms with E-state index in [1.807, 2.05) is 7.05 Å². The summed E-state index contributed by atoms with van der Waals surface area (Å²) in [5.74, 6) is 0.703. The summed E-state index contributed by atoms with van der Waals surface area (Å²) in [6, 6.07) is 3.47. The minimum atomic E-state index is -0.203. The van der Waals surface area contributed by atoms with Gasteiger partial charge < -0.3 is 0 Å². The topological polar surface area (TPSA) is 84.7 Å². The summed E-state index contributed by atoms with van der Waals surface area (Å²) >= 11 is 0. The largest absolute Gasteiger partial charge is 0.280 e. The molecule has 7 heteroatoms. The lowest BCUT2D eigenvalue weighted by molar-refractivity contribution is 0.0960. The molecule has 0 aromatic carbocycles. The molecule has 20 heavy (non-hydrogen) atoms. The number of carbonyl (C=O) groups excluding carboxylic acids is 1. The van der Waals surface area contributed by atoms with Crippen molar-refractivity contribution in [3.63, 3.8) is 0 Å². The minimum absolute atomic E-state index is 0.203. The monoisotopic (exact) mass is 272 g/mol. The van der Waals surface area contributed by atoms with Crippen LogP contribution in [0, 0.1) is 0 Å². The van der Waals surface area contributed by atoms with E-state index in [2.05, 4.69) is 26.1 Å². The highest BCUT2D eigenvalue weighted by molar-refractivity contribution is 5.95. The van der Waals surface area contributed by atoms with Gasteiger partial charge in [-0.15, -0.1) is 5.10 Å². The molecule has 1 aliphatic rings. The van der Waals surface area contributed by atoms with Crippen LogP contribution < -0.4 is 10.9 Å². The van der Waals surface area contributed by atoms with Crippen LogP contribution in [-0.4, -0.2) is 25.9 Å². The van der Waals surface area contributed by atoms with Crippen molar-refractivity contribution in [3.8, 4) is 0 Å². The number of anilines is 1. The minimum Gasteiger partial charge on any atom is -0.280 e. The number of hydrazine groups is 1. The van der Waals surface area contributed by atoms with Crippen molar-refractivity contribution in [1.82, 2.24) is 25.4 Å². The number of rotatable bonds is 4. The van der Waals surface area contributed by atoms with Gasteiger partial charge in [0.1, 0.15) is 0 Å². The number of hydrogen-bond acceptors (Lipinski definition) is 5. The van der Waals surface area contributed by atoms with Crippen LogP contribution >= 0.6 is 0 Å². The van der Waals surface area contributed by atoms with Gasteiger partial charge in [0.2, 0.25) is 0 Å². The van der Waals surface area contributed by atoms with E-state index < -0.39 is 0 Å². The van der Waals surface area contributed by atoms with Crippen molar-refractivity contribution in [2.75, 3.05) is 5.43 Å². The fourth-order valence-corrected chi connectivity index (χ4v) is 2.22. The van der Waals surface area contributed by atoms with E-state index in [1.165, 1.54) is 6.42 Å². The molecule has 3 rings (SSSR count). The molecule has 0 aliphatic heterocycles. The van der Waals surface area contributed by atoms with Crippen LogP contribution in [0.5, 0.6) is 0 Å². The predicted octanol–water partition coefficient (Wildman–Crippen LogP) is 1.23. The SMILES string of the molecule is Cn1cc(C(=O)NNc2cccnn2)c(C2CCC2)n1. The van der Waals surface area contributed by atoms with Crippen LogP contribution in [0.1, 0.15) is 41.2 Å². The van der Waals surface area contributed by atoms with Crippen molar-refractivity contribution in [2.24, 2.45) is 7.05 Å². The van der Waals surface area contributed by atoms with Crippen LogP contribution in [0.3, 0.4) is 0 Å². The summed E-state index contributed by atoms with van der Waals surface area (Å²) in [5.41, 5.74) is 6.88. The molecule has 2 aromatic rings. The zero-order valence-corrected chi connectivity index (χ0v) is 11.2. The van der Waals surface area contributed by atoms with E-state index in [9.17, 15) is 4.79 Å². The molecule has 1 saturated carbocycles. The highest BCUT2D eigenvalue weighted by Gasteiger charge is 2.27. The Labute approximate surface area is 116 Å². The quantitative estimate of drug-likeness (QED) is 0.818. The molecule has 0 unspecified atom stereocenters. The molecule has 104 valence electrons. The summed E-state index contributed by atoms with van der Waals surface area (Å²) in [4.78, 5) is 12.2. The second-order valence-electron chi connectivity index (χ2n) is 4.92. The van der Waals surface area contributed by atoms with Crippen molar-refractivity contribution >= 4 is 11.7 Å². The Morgan fingerprint density at radius 2 is 2.30 bits per heavy atom. The summed E-state index contributed by atoms with van der Waals surface area (Å²) in [7, 11) is 1.83. The molecule has 1 aliphatic carbocycles. The Hall–Kier alpha value is -2.44. The van der Waals surface area contributed by atoms with Crippen LogP contribution in [-0.2, 0) is 7.05 Å². The van der Waals surface area contributed by atoms with E-state index in [0.717, 1.165) is 18.5 Å². The second-order valence-corrected chi connectivity index (χ2v) is 4.92. The summed E-state index contributed by atoms with van der Waals surface area (Å²) in [5, 5.41) is 12.0. The third kappa shape index (κ3) is 2.47. The van der Waals surface area contributed by atoms with Gasteiger partial charge in [0.15, 0.2) is 5.82 Å². The molecule has 1 fully saturated rings. The third-order valence-electron chi connectivity index (χ3n) is 3.47. The van der Waals surface area contributed by atoms with Crippen LogP contribution in [0.2, 0.25) is 0 Å². The Bertz CT molecular complexity index is 605. The predicted molar refractivity (Wildman–Crippen MR) is 72.9 cm³/mol. The number of nitrogens with zero attached hydrogens (tertiary/aromatic N) is 4. The molecular formula is C13H16N6O. The van der Waals surface area contributed by atoms with Gasteiger partial charge in [-0.2, -0.15) is 10.2 Å². The van der Waals surface area contributed by atoms with E-state index in [1.54, 1.807) is 29.2 Å². The molecule has 0 bridgehead atoms. The molecule has 7 nitrogen and oxygen atoms in total. The third-order valence-corrected chi connectivity index (χ3v) is 3.47. The Morgan fingerprint density at radius 3 is 2.95 bits per heavy atom. The smallest absolute Gasteiger partial charge is 0.273 e.